The second-order valence-electron chi connectivity index (χ2n) is 7.14. The van der Waals surface area contributed by atoms with Crippen molar-refractivity contribution in [2.45, 2.75) is 58.1 Å². The van der Waals surface area contributed by atoms with E-state index in [4.69, 9.17) is 4.74 Å². The first kappa shape index (κ1) is 19.1. The fourth-order valence-corrected chi connectivity index (χ4v) is 4.43. The fourth-order valence-electron chi connectivity index (χ4n) is 3.61. The minimum absolute atomic E-state index is 0.0146. The second-order valence-corrected chi connectivity index (χ2v) is 8.05. The van der Waals surface area contributed by atoms with Crippen molar-refractivity contribution in [2.75, 3.05) is 13.2 Å². The highest BCUT2D eigenvalue weighted by molar-refractivity contribution is 7.17. The zero-order valence-electron chi connectivity index (χ0n) is 16.0. The van der Waals surface area contributed by atoms with Crippen molar-refractivity contribution in [3.8, 4) is 0 Å². The third kappa shape index (κ3) is 3.68. The molecule has 1 atom stereocenters. The molecular weight excluding hydrogens is 378 g/mol. The van der Waals surface area contributed by atoms with E-state index in [1.54, 1.807) is 4.57 Å². The molecule has 1 fully saturated rings. The second kappa shape index (κ2) is 8.40. The molecule has 8 nitrogen and oxygen atoms in total. The van der Waals surface area contributed by atoms with Crippen LogP contribution >= 0.6 is 11.3 Å². The number of amides is 1. The van der Waals surface area contributed by atoms with E-state index in [9.17, 15) is 9.59 Å². The summed E-state index contributed by atoms with van der Waals surface area (Å²) in [6.07, 6.45) is 4.88. The number of nitrogens with one attached hydrogen (secondary N) is 1. The first-order valence-electron chi connectivity index (χ1n) is 9.91. The van der Waals surface area contributed by atoms with Crippen LogP contribution in [-0.4, -0.2) is 44.3 Å². The van der Waals surface area contributed by atoms with E-state index in [2.05, 4.69) is 22.4 Å². The fraction of sp³-hybridized carbons (Fsp3) is 0.579. The minimum Gasteiger partial charge on any atom is -0.376 e. The van der Waals surface area contributed by atoms with E-state index in [-0.39, 0.29) is 17.6 Å². The molecular formula is C19H25N5O3S. The summed E-state index contributed by atoms with van der Waals surface area (Å²) in [5.74, 6) is 1.24. The van der Waals surface area contributed by atoms with Crippen LogP contribution in [0.1, 0.15) is 44.9 Å². The molecule has 28 heavy (non-hydrogen) atoms. The first-order valence-corrected chi connectivity index (χ1v) is 10.8. The Hall–Kier alpha value is -2.26. The van der Waals surface area contributed by atoms with E-state index in [0.29, 0.717) is 42.2 Å². The molecule has 4 rings (SSSR count). The number of aryl methyl sites for hydroxylation is 2. The van der Waals surface area contributed by atoms with Gasteiger partial charge in [-0.3, -0.25) is 18.6 Å². The van der Waals surface area contributed by atoms with E-state index in [1.165, 1.54) is 11.3 Å². The van der Waals surface area contributed by atoms with Gasteiger partial charge in [-0.05, 0) is 30.7 Å². The molecule has 3 aromatic rings. The Morgan fingerprint density at radius 2 is 2.32 bits per heavy atom. The molecule has 0 spiro atoms. The van der Waals surface area contributed by atoms with Crippen LogP contribution in [0, 0.1) is 0 Å². The molecule has 1 saturated heterocycles. The normalized spacial score (nSPS) is 17.0. The molecule has 0 saturated carbocycles. The summed E-state index contributed by atoms with van der Waals surface area (Å²) < 4.78 is 9.87. The Kier molecular flexibility index (Phi) is 5.72. The molecule has 0 unspecified atom stereocenters. The van der Waals surface area contributed by atoms with Crippen LogP contribution < -0.4 is 10.9 Å². The lowest BCUT2D eigenvalue weighted by atomic mass is 10.2. The van der Waals surface area contributed by atoms with Crippen LogP contribution in [0.5, 0.6) is 0 Å². The summed E-state index contributed by atoms with van der Waals surface area (Å²) in [5.41, 5.74) is 0.803. The van der Waals surface area contributed by atoms with Crippen molar-refractivity contribution in [1.82, 2.24) is 24.5 Å². The maximum atomic E-state index is 12.8. The van der Waals surface area contributed by atoms with Crippen LogP contribution in [0.3, 0.4) is 0 Å². The lowest BCUT2D eigenvalue weighted by molar-refractivity contribution is -0.121. The molecule has 0 aromatic carbocycles. The van der Waals surface area contributed by atoms with Gasteiger partial charge in [-0.25, -0.2) is 0 Å². The minimum atomic E-state index is -0.0203. The number of ether oxygens (including phenoxy) is 1. The van der Waals surface area contributed by atoms with Gasteiger partial charge in [0.15, 0.2) is 0 Å². The van der Waals surface area contributed by atoms with Gasteiger partial charge >= 0.3 is 0 Å². The number of unbranched alkanes of at least 4 members (excludes halogenated alkanes) is 1. The van der Waals surface area contributed by atoms with Crippen LogP contribution in [0.15, 0.2) is 16.2 Å². The largest absolute Gasteiger partial charge is 0.376 e. The van der Waals surface area contributed by atoms with Crippen LogP contribution in [0.25, 0.3) is 16.0 Å². The predicted molar refractivity (Wildman–Crippen MR) is 108 cm³/mol. The number of carbonyl (C=O) groups is 1. The number of fused-ring (bicyclic) bond motifs is 3. The summed E-state index contributed by atoms with van der Waals surface area (Å²) in [4.78, 5) is 25.0. The number of nitrogens with zero attached hydrogens (tertiary/aromatic N) is 4. The van der Waals surface area contributed by atoms with Gasteiger partial charge in [0.05, 0.1) is 11.6 Å². The molecule has 9 heteroatoms. The van der Waals surface area contributed by atoms with Crippen molar-refractivity contribution < 1.29 is 9.53 Å². The molecule has 4 heterocycles. The number of aromatic nitrogens is 4. The van der Waals surface area contributed by atoms with E-state index in [1.807, 2.05) is 15.8 Å². The van der Waals surface area contributed by atoms with E-state index in [0.717, 1.165) is 37.8 Å². The summed E-state index contributed by atoms with van der Waals surface area (Å²) in [6.45, 7) is 4.05. The van der Waals surface area contributed by atoms with Gasteiger partial charge in [-0.2, -0.15) is 0 Å². The van der Waals surface area contributed by atoms with Gasteiger partial charge in [-0.1, -0.05) is 13.3 Å². The van der Waals surface area contributed by atoms with Crippen LogP contribution in [0.2, 0.25) is 0 Å². The van der Waals surface area contributed by atoms with Crippen molar-refractivity contribution in [3.63, 3.8) is 0 Å². The average Bonchev–Trinajstić information content (AvgIpc) is 3.44. The quantitative estimate of drug-likeness (QED) is 0.622. The molecule has 0 radical (unpaired) electrons. The number of carbonyl (C=O) groups excluding carboxylic acids is 1. The Labute approximate surface area is 166 Å². The predicted octanol–water partition coefficient (Wildman–Crippen LogP) is 2.13. The van der Waals surface area contributed by atoms with Crippen LogP contribution in [0.4, 0.5) is 0 Å². The lowest BCUT2D eigenvalue weighted by Gasteiger charge is -2.11. The third-order valence-corrected chi connectivity index (χ3v) is 6.03. The highest BCUT2D eigenvalue weighted by Crippen LogP contribution is 2.20. The topological polar surface area (TPSA) is 90.5 Å². The summed E-state index contributed by atoms with van der Waals surface area (Å²) in [5, 5.41) is 13.4. The molecule has 1 aliphatic rings. The van der Waals surface area contributed by atoms with Gasteiger partial charge in [-0.15, -0.1) is 21.5 Å². The van der Waals surface area contributed by atoms with Crippen molar-refractivity contribution in [2.24, 2.45) is 0 Å². The number of rotatable bonds is 8. The van der Waals surface area contributed by atoms with Gasteiger partial charge in [0, 0.05) is 32.5 Å². The highest BCUT2D eigenvalue weighted by atomic mass is 32.1. The molecule has 1 aliphatic heterocycles. The SMILES string of the molecule is CCCCn1c(=O)c2sccc2n2c(CCC(=O)NC[C@@H]3CCCO3)nnc12. The third-order valence-electron chi connectivity index (χ3n) is 5.14. The number of hydrogen-bond donors (Lipinski definition) is 1. The van der Waals surface area contributed by atoms with Gasteiger partial charge < -0.3 is 10.1 Å². The van der Waals surface area contributed by atoms with Crippen molar-refractivity contribution >= 4 is 33.2 Å². The number of hydrogen-bond acceptors (Lipinski definition) is 6. The standard InChI is InChI=1S/C19H25N5O3S/c1-2-3-9-23-18(26)17-14(8-11-28-17)24-15(21-22-19(23)24)6-7-16(25)20-12-13-5-4-10-27-13/h8,11,13H,2-7,9-10,12H2,1H3,(H,20,25)/t13-/m0/s1. The summed E-state index contributed by atoms with van der Waals surface area (Å²) >= 11 is 1.43. The molecule has 0 aliphatic carbocycles. The van der Waals surface area contributed by atoms with Crippen LogP contribution in [-0.2, 0) is 22.5 Å². The van der Waals surface area contributed by atoms with E-state index < -0.39 is 0 Å². The van der Waals surface area contributed by atoms with Crippen molar-refractivity contribution in [3.05, 3.63) is 27.6 Å². The Bertz CT molecular complexity index is 1030. The van der Waals surface area contributed by atoms with Gasteiger partial charge in [0.1, 0.15) is 10.5 Å². The monoisotopic (exact) mass is 403 g/mol. The Balaban J connectivity index is 1.55. The van der Waals surface area contributed by atoms with E-state index >= 15 is 0 Å². The Morgan fingerprint density at radius 1 is 1.43 bits per heavy atom. The first-order chi connectivity index (χ1) is 13.7. The smallest absolute Gasteiger partial charge is 0.272 e. The molecule has 1 amide bonds. The lowest BCUT2D eigenvalue weighted by Crippen LogP contribution is -2.32. The number of thiophene rings is 1. The highest BCUT2D eigenvalue weighted by Gasteiger charge is 2.19. The zero-order chi connectivity index (χ0) is 19.5. The maximum absolute atomic E-state index is 12.8. The summed E-state index contributed by atoms with van der Waals surface area (Å²) in [7, 11) is 0. The molecule has 3 aromatic heterocycles. The average molecular weight is 404 g/mol. The molecule has 150 valence electrons. The van der Waals surface area contributed by atoms with Gasteiger partial charge in [0.2, 0.25) is 11.7 Å². The summed E-state index contributed by atoms with van der Waals surface area (Å²) in [6, 6.07) is 1.92. The maximum Gasteiger partial charge on any atom is 0.272 e. The van der Waals surface area contributed by atoms with Crippen molar-refractivity contribution in [1.29, 1.82) is 0 Å². The Morgan fingerprint density at radius 3 is 3.11 bits per heavy atom. The molecule has 0 bridgehead atoms. The molecule has 1 N–H and O–H groups in total. The zero-order valence-corrected chi connectivity index (χ0v) is 16.8. The van der Waals surface area contributed by atoms with Gasteiger partial charge in [0.25, 0.3) is 5.56 Å².